The number of carbonyl (C=O) groups is 1. The lowest BCUT2D eigenvalue weighted by atomic mass is 10.1. The second-order valence-corrected chi connectivity index (χ2v) is 5.84. The molecule has 0 aliphatic carbocycles. The number of carbonyl (C=O) groups excluding carboxylic acids is 1. The Morgan fingerprint density at radius 1 is 1.26 bits per heavy atom. The second-order valence-electron chi connectivity index (χ2n) is 4.92. The standard InChI is InChI=1S/C18H16BrFO3/c1-12-3-7-17(22-2)14(9-12)11-23-18(21)8-4-13-10-15(19)5-6-16(13)20/h3-10H,11H2,1-2H3/b8-4+. The van der Waals surface area contributed by atoms with Gasteiger partial charge in [-0.25, -0.2) is 9.18 Å². The third-order valence-electron chi connectivity index (χ3n) is 3.16. The van der Waals surface area contributed by atoms with Crippen LogP contribution in [0.4, 0.5) is 4.39 Å². The lowest BCUT2D eigenvalue weighted by molar-refractivity contribution is -0.138. The van der Waals surface area contributed by atoms with Gasteiger partial charge in [0.15, 0.2) is 0 Å². The highest BCUT2D eigenvalue weighted by atomic mass is 79.9. The molecule has 0 aromatic heterocycles. The monoisotopic (exact) mass is 378 g/mol. The zero-order valence-electron chi connectivity index (χ0n) is 12.8. The highest BCUT2D eigenvalue weighted by Gasteiger charge is 2.06. The van der Waals surface area contributed by atoms with Crippen LogP contribution in [0.2, 0.25) is 0 Å². The van der Waals surface area contributed by atoms with Crippen molar-refractivity contribution >= 4 is 28.0 Å². The molecule has 0 saturated heterocycles. The molecule has 3 nitrogen and oxygen atoms in total. The number of benzene rings is 2. The summed E-state index contributed by atoms with van der Waals surface area (Å²) in [7, 11) is 1.56. The second kappa shape index (κ2) is 7.92. The van der Waals surface area contributed by atoms with Crippen molar-refractivity contribution in [1.82, 2.24) is 0 Å². The summed E-state index contributed by atoms with van der Waals surface area (Å²) >= 11 is 3.26. The minimum absolute atomic E-state index is 0.0923. The number of methoxy groups -OCH3 is 1. The van der Waals surface area contributed by atoms with Crippen LogP contribution >= 0.6 is 15.9 Å². The molecule has 0 aliphatic heterocycles. The predicted molar refractivity (Wildman–Crippen MR) is 90.7 cm³/mol. The third kappa shape index (κ3) is 4.93. The van der Waals surface area contributed by atoms with Gasteiger partial charge in [0.1, 0.15) is 18.2 Å². The Kier molecular flexibility index (Phi) is 5.93. The summed E-state index contributed by atoms with van der Waals surface area (Å²) in [6.45, 7) is 2.04. The maximum Gasteiger partial charge on any atom is 0.331 e. The van der Waals surface area contributed by atoms with Crippen LogP contribution in [0.25, 0.3) is 6.08 Å². The first kappa shape index (κ1) is 17.2. The molecule has 0 aliphatic rings. The first-order chi connectivity index (χ1) is 11.0. The highest BCUT2D eigenvalue weighted by molar-refractivity contribution is 9.10. The fourth-order valence-electron chi connectivity index (χ4n) is 2.02. The van der Waals surface area contributed by atoms with Gasteiger partial charge < -0.3 is 9.47 Å². The van der Waals surface area contributed by atoms with E-state index >= 15 is 0 Å². The molecule has 0 bridgehead atoms. The molecule has 23 heavy (non-hydrogen) atoms. The zero-order valence-corrected chi connectivity index (χ0v) is 14.4. The van der Waals surface area contributed by atoms with E-state index in [1.807, 2.05) is 25.1 Å². The Morgan fingerprint density at radius 3 is 2.78 bits per heavy atom. The van der Waals surface area contributed by atoms with Gasteiger partial charge in [0.25, 0.3) is 0 Å². The topological polar surface area (TPSA) is 35.5 Å². The number of esters is 1. The molecule has 2 rings (SSSR count). The molecule has 0 heterocycles. The largest absolute Gasteiger partial charge is 0.496 e. The number of ether oxygens (including phenoxy) is 2. The molecule has 2 aromatic rings. The summed E-state index contributed by atoms with van der Waals surface area (Å²) in [5, 5.41) is 0. The molecule has 2 aromatic carbocycles. The van der Waals surface area contributed by atoms with Crippen molar-refractivity contribution in [2.75, 3.05) is 7.11 Å². The quantitative estimate of drug-likeness (QED) is 0.560. The van der Waals surface area contributed by atoms with Gasteiger partial charge in [0.2, 0.25) is 0 Å². The SMILES string of the molecule is COc1ccc(C)cc1COC(=O)/C=C/c1cc(Br)ccc1F. The lowest BCUT2D eigenvalue weighted by Crippen LogP contribution is -2.02. The minimum Gasteiger partial charge on any atom is -0.496 e. The fourth-order valence-corrected chi connectivity index (χ4v) is 2.40. The number of rotatable bonds is 5. The Balaban J connectivity index is 2.01. The lowest BCUT2D eigenvalue weighted by Gasteiger charge is -2.09. The van der Waals surface area contributed by atoms with Gasteiger partial charge in [-0.2, -0.15) is 0 Å². The van der Waals surface area contributed by atoms with E-state index in [9.17, 15) is 9.18 Å². The highest BCUT2D eigenvalue weighted by Crippen LogP contribution is 2.21. The van der Waals surface area contributed by atoms with Crippen LogP contribution in [0.3, 0.4) is 0 Å². The number of aryl methyl sites for hydroxylation is 1. The average Bonchev–Trinajstić information content (AvgIpc) is 2.54. The van der Waals surface area contributed by atoms with Gasteiger partial charge in [-0.3, -0.25) is 0 Å². The number of halogens is 2. The molecule has 0 unspecified atom stereocenters. The van der Waals surface area contributed by atoms with Gasteiger partial charge in [-0.15, -0.1) is 0 Å². The van der Waals surface area contributed by atoms with Crippen molar-refractivity contribution in [3.63, 3.8) is 0 Å². The summed E-state index contributed by atoms with van der Waals surface area (Å²) in [6.07, 6.45) is 2.59. The molecule has 0 amide bonds. The molecule has 120 valence electrons. The third-order valence-corrected chi connectivity index (χ3v) is 3.66. The summed E-state index contributed by atoms with van der Waals surface area (Å²) in [5.74, 6) is -0.295. The number of hydrogen-bond acceptors (Lipinski definition) is 3. The summed E-state index contributed by atoms with van der Waals surface area (Å²) < 4.78 is 24.7. The molecular formula is C18H16BrFO3. The molecule has 0 N–H and O–H groups in total. The smallest absolute Gasteiger partial charge is 0.331 e. The maximum atomic E-state index is 13.6. The summed E-state index contributed by atoms with van der Waals surface area (Å²) in [4.78, 5) is 11.8. The van der Waals surface area contributed by atoms with Crippen LogP contribution in [0, 0.1) is 12.7 Å². The molecule has 0 atom stereocenters. The van der Waals surface area contributed by atoms with Crippen molar-refractivity contribution in [2.24, 2.45) is 0 Å². The van der Waals surface area contributed by atoms with Crippen molar-refractivity contribution in [3.05, 3.63) is 69.5 Å². The van der Waals surface area contributed by atoms with Crippen LogP contribution in [0.5, 0.6) is 5.75 Å². The molecule has 0 radical (unpaired) electrons. The average molecular weight is 379 g/mol. The van der Waals surface area contributed by atoms with Crippen LogP contribution in [-0.2, 0) is 16.1 Å². The maximum absolute atomic E-state index is 13.6. The van der Waals surface area contributed by atoms with Crippen LogP contribution in [0.15, 0.2) is 46.9 Å². The van der Waals surface area contributed by atoms with E-state index in [0.29, 0.717) is 11.3 Å². The van der Waals surface area contributed by atoms with Crippen LogP contribution in [-0.4, -0.2) is 13.1 Å². The Bertz CT molecular complexity index is 741. The van der Waals surface area contributed by atoms with E-state index in [2.05, 4.69) is 15.9 Å². The van der Waals surface area contributed by atoms with E-state index in [4.69, 9.17) is 9.47 Å². The van der Waals surface area contributed by atoms with Crippen molar-refractivity contribution < 1.29 is 18.7 Å². The van der Waals surface area contributed by atoms with E-state index in [0.717, 1.165) is 15.6 Å². The zero-order chi connectivity index (χ0) is 16.8. The first-order valence-corrected chi connectivity index (χ1v) is 7.72. The van der Waals surface area contributed by atoms with E-state index < -0.39 is 11.8 Å². The summed E-state index contributed by atoms with van der Waals surface area (Å²) in [6, 6.07) is 10.1. The van der Waals surface area contributed by atoms with Crippen molar-refractivity contribution in [3.8, 4) is 5.75 Å². The van der Waals surface area contributed by atoms with Crippen LogP contribution < -0.4 is 4.74 Å². The normalized spacial score (nSPS) is 10.8. The van der Waals surface area contributed by atoms with Gasteiger partial charge in [-0.05, 0) is 43.3 Å². The molecular weight excluding hydrogens is 363 g/mol. The predicted octanol–water partition coefficient (Wildman–Crippen LogP) is 4.66. The van der Waals surface area contributed by atoms with Gasteiger partial charge in [-0.1, -0.05) is 27.6 Å². The molecule has 5 heteroatoms. The van der Waals surface area contributed by atoms with Gasteiger partial charge in [0.05, 0.1) is 7.11 Å². The summed E-state index contributed by atoms with van der Waals surface area (Å²) in [5.41, 5.74) is 2.14. The van der Waals surface area contributed by atoms with E-state index in [-0.39, 0.29) is 6.61 Å². The van der Waals surface area contributed by atoms with Crippen LogP contribution in [0.1, 0.15) is 16.7 Å². The number of hydrogen-bond donors (Lipinski definition) is 0. The van der Waals surface area contributed by atoms with Crippen molar-refractivity contribution in [1.29, 1.82) is 0 Å². The van der Waals surface area contributed by atoms with Crippen molar-refractivity contribution in [2.45, 2.75) is 13.5 Å². The molecule has 0 spiro atoms. The fraction of sp³-hybridized carbons (Fsp3) is 0.167. The Morgan fingerprint density at radius 2 is 2.04 bits per heavy atom. The first-order valence-electron chi connectivity index (χ1n) is 6.93. The molecule has 0 fully saturated rings. The minimum atomic E-state index is -0.548. The van der Waals surface area contributed by atoms with Gasteiger partial charge in [0, 0.05) is 21.7 Å². The van der Waals surface area contributed by atoms with Gasteiger partial charge >= 0.3 is 5.97 Å². The van der Waals surface area contributed by atoms with E-state index in [1.54, 1.807) is 19.2 Å². The Labute approximate surface area is 142 Å². The Hall–Kier alpha value is -2.14. The van der Waals surface area contributed by atoms with E-state index in [1.165, 1.54) is 18.2 Å². The molecule has 0 saturated carbocycles.